The Kier molecular flexibility index (Phi) is 4.24. The van der Waals surface area contributed by atoms with Gasteiger partial charge in [-0.1, -0.05) is 11.6 Å². The fraction of sp³-hybridized carbons (Fsp3) is 0.500. The second kappa shape index (κ2) is 5.73. The minimum atomic E-state index is -0.243. The monoisotopic (exact) mass is 284 g/mol. The summed E-state index contributed by atoms with van der Waals surface area (Å²) in [5.74, 6) is 5.39. The minimum Gasteiger partial charge on any atom is -0.381 e. The van der Waals surface area contributed by atoms with Crippen molar-refractivity contribution in [3.63, 3.8) is 0 Å². The zero-order valence-corrected chi connectivity index (χ0v) is 11.5. The van der Waals surface area contributed by atoms with E-state index in [-0.39, 0.29) is 11.4 Å². The first-order chi connectivity index (χ1) is 9.04. The molecule has 0 radical (unpaired) electrons. The van der Waals surface area contributed by atoms with Gasteiger partial charge in [0.2, 0.25) is 0 Å². The molecule has 0 spiro atoms. The molecule has 0 atom stereocenters. The first-order valence-electron chi connectivity index (χ1n) is 6.06. The number of nitrogen functional groups attached to an aromatic ring is 1. The van der Waals surface area contributed by atoms with Gasteiger partial charge in [0.15, 0.2) is 5.82 Å². The molecule has 104 valence electrons. The maximum atomic E-state index is 12.2. The summed E-state index contributed by atoms with van der Waals surface area (Å²) in [6.45, 7) is 3.33. The number of nitrogens with one attached hydrogen (secondary N) is 2. The fourth-order valence-electron chi connectivity index (χ4n) is 1.96. The van der Waals surface area contributed by atoms with Crippen molar-refractivity contribution >= 4 is 23.3 Å². The number of amides is 1. The molecular formula is C12H17ClN4O2. The van der Waals surface area contributed by atoms with Crippen LogP contribution in [0.15, 0.2) is 12.3 Å². The molecule has 19 heavy (non-hydrogen) atoms. The number of nitrogens with two attached hydrogens (primary N) is 1. The number of anilines is 1. The molecule has 1 saturated heterocycles. The standard InChI is InChI=1S/C12H17ClN4O2/c1-12(2-4-19-5-3-12)16-11(18)8-6-9(13)10(17-14)15-7-8/h6-7H,2-5,14H2,1H3,(H,15,17)(H,16,18). The van der Waals surface area contributed by atoms with E-state index in [1.54, 1.807) is 6.07 Å². The number of ether oxygens (including phenoxy) is 1. The molecule has 1 fully saturated rings. The van der Waals surface area contributed by atoms with Crippen LogP contribution in [0.1, 0.15) is 30.1 Å². The molecule has 1 amide bonds. The van der Waals surface area contributed by atoms with Gasteiger partial charge in [-0.15, -0.1) is 0 Å². The molecule has 1 aromatic rings. The van der Waals surface area contributed by atoms with E-state index in [1.807, 2.05) is 6.92 Å². The van der Waals surface area contributed by atoms with Crippen LogP contribution in [0.4, 0.5) is 5.82 Å². The molecule has 0 unspecified atom stereocenters. The van der Waals surface area contributed by atoms with E-state index in [9.17, 15) is 4.79 Å². The maximum Gasteiger partial charge on any atom is 0.253 e. The van der Waals surface area contributed by atoms with E-state index in [2.05, 4.69) is 15.7 Å². The van der Waals surface area contributed by atoms with Crippen molar-refractivity contribution < 1.29 is 9.53 Å². The lowest BCUT2D eigenvalue weighted by molar-refractivity contribution is 0.0423. The molecule has 0 bridgehead atoms. The molecule has 2 rings (SSSR count). The number of hydrogen-bond acceptors (Lipinski definition) is 5. The molecule has 0 saturated carbocycles. The number of carbonyl (C=O) groups is 1. The van der Waals surface area contributed by atoms with E-state index in [4.69, 9.17) is 22.2 Å². The van der Waals surface area contributed by atoms with Gasteiger partial charge in [0.1, 0.15) is 0 Å². The van der Waals surface area contributed by atoms with Crippen molar-refractivity contribution in [2.24, 2.45) is 5.84 Å². The molecule has 1 aliphatic rings. The summed E-state index contributed by atoms with van der Waals surface area (Å²) < 4.78 is 5.29. The van der Waals surface area contributed by atoms with Crippen LogP contribution in [-0.4, -0.2) is 29.6 Å². The Balaban J connectivity index is 2.09. The second-order valence-electron chi connectivity index (χ2n) is 4.83. The first-order valence-corrected chi connectivity index (χ1v) is 6.44. The normalized spacial score (nSPS) is 17.8. The highest BCUT2D eigenvalue weighted by molar-refractivity contribution is 6.33. The van der Waals surface area contributed by atoms with Crippen LogP contribution in [0.25, 0.3) is 0 Å². The highest BCUT2D eigenvalue weighted by Crippen LogP contribution is 2.22. The van der Waals surface area contributed by atoms with Gasteiger partial charge in [0.25, 0.3) is 5.91 Å². The summed E-state index contributed by atoms with van der Waals surface area (Å²) in [5.41, 5.74) is 2.53. The van der Waals surface area contributed by atoms with Crippen LogP contribution >= 0.6 is 11.6 Å². The van der Waals surface area contributed by atoms with Gasteiger partial charge in [0, 0.05) is 24.9 Å². The molecule has 0 aliphatic carbocycles. The first kappa shape index (κ1) is 14.0. The summed E-state index contributed by atoms with van der Waals surface area (Å²) >= 11 is 5.95. The van der Waals surface area contributed by atoms with Gasteiger partial charge in [-0.2, -0.15) is 0 Å². The van der Waals surface area contributed by atoms with Crippen LogP contribution in [0.2, 0.25) is 5.02 Å². The minimum absolute atomic E-state index is 0.192. The quantitative estimate of drug-likeness (QED) is 0.575. The lowest BCUT2D eigenvalue weighted by Crippen LogP contribution is -2.49. The Bertz CT molecular complexity index is 475. The predicted molar refractivity (Wildman–Crippen MR) is 73.0 cm³/mol. The molecule has 4 N–H and O–H groups in total. The van der Waals surface area contributed by atoms with Gasteiger partial charge in [-0.3, -0.25) is 4.79 Å². The van der Waals surface area contributed by atoms with Crippen molar-refractivity contribution in [3.05, 3.63) is 22.8 Å². The molecule has 2 heterocycles. The van der Waals surface area contributed by atoms with Gasteiger partial charge >= 0.3 is 0 Å². The second-order valence-corrected chi connectivity index (χ2v) is 5.23. The van der Waals surface area contributed by atoms with Crippen LogP contribution in [0.5, 0.6) is 0 Å². The Morgan fingerprint density at radius 1 is 1.53 bits per heavy atom. The summed E-state index contributed by atoms with van der Waals surface area (Å²) in [4.78, 5) is 16.1. The van der Waals surface area contributed by atoms with E-state index < -0.39 is 0 Å². The van der Waals surface area contributed by atoms with Crippen LogP contribution in [-0.2, 0) is 4.74 Å². The lowest BCUT2D eigenvalue weighted by atomic mass is 9.92. The fourth-order valence-corrected chi connectivity index (χ4v) is 2.18. The van der Waals surface area contributed by atoms with Crippen LogP contribution in [0.3, 0.4) is 0 Å². The highest BCUT2D eigenvalue weighted by Gasteiger charge is 2.29. The zero-order chi connectivity index (χ0) is 13.9. The number of aromatic nitrogens is 1. The van der Waals surface area contributed by atoms with Crippen molar-refractivity contribution in [1.82, 2.24) is 10.3 Å². The van der Waals surface area contributed by atoms with Gasteiger partial charge in [-0.25, -0.2) is 10.8 Å². The van der Waals surface area contributed by atoms with Gasteiger partial charge in [-0.05, 0) is 25.8 Å². The largest absolute Gasteiger partial charge is 0.381 e. The Labute approximate surface area is 116 Å². The maximum absolute atomic E-state index is 12.2. The summed E-state index contributed by atoms with van der Waals surface area (Å²) in [7, 11) is 0. The van der Waals surface area contributed by atoms with E-state index in [0.717, 1.165) is 12.8 Å². The SMILES string of the molecule is CC1(NC(=O)c2cnc(NN)c(Cl)c2)CCOCC1. The number of rotatable bonds is 3. The Morgan fingerprint density at radius 3 is 2.79 bits per heavy atom. The van der Waals surface area contributed by atoms with Gasteiger partial charge < -0.3 is 15.5 Å². The topological polar surface area (TPSA) is 89.3 Å². The smallest absolute Gasteiger partial charge is 0.253 e. The van der Waals surface area contributed by atoms with E-state index in [1.165, 1.54) is 6.20 Å². The van der Waals surface area contributed by atoms with E-state index >= 15 is 0 Å². The summed E-state index contributed by atoms with van der Waals surface area (Å²) in [6.07, 6.45) is 3.03. The number of halogens is 1. The number of hydrazine groups is 1. The number of hydrogen-bond donors (Lipinski definition) is 3. The third kappa shape index (κ3) is 3.34. The third-order valence-electron chi connectivity index (χ3n) is 3.25. The molecule has 0 aromatic carbocycles. The average molecular weight is 285 g/mol. The van der Waals surface area contributed by atoms with Crippen LogP contribution < -0.4 is 16.6 Å². The average Bonchev–Trinajstić information content (AvgIpc) is 2.39. The van der Waals surface area contributed by atoms with Crippen molar-refractivity contribution in [3.8, 4) is 0 Å². The number of nitrogens with zero attached hydrogens (tertiary/aromatic N) is 1. The summed E-state index contributed by atoms with van der Waals surface area (Å²) in [6, 6.07) is 1.54. The Morgan fingerprint density at radius 2 is 2.21 bits per heavy atom. The van der Waals surface area contributed by atoms with E-state index in [0.29, 0.717) is 29.6 Å². The number of pyridine rings is 1. The van der Waals surface area contributed by atoms with Crippen molar-refractivity contribution in [2.45, 2.75) is 25.3 Å². The summed E-state index contributed by atoms with van der Waals surface area (Å²) in [5, 5.41) is 3.32. The molecule has 1 aliphatic heterocycles. The lowest BCUT2D eigenvalue weighted by Gasteiger charge is -2.34. The Hall–Kier alpha value is -1.37. The van der Waals surface area contributed by atoms with Crippen LogP contribution in [0, 0.1) is 0 Å². The predicted octanol–water partition coefficient (Wildman–Crippen LogP) is 1.32. The molecule has 1 aromatic heterocycles. The van der Waals surface area contributed by atoms with Gasteiger partial charge in [0.05, 0.1) is 10.6 Å². The highest BCUT2D eigenvalue weighted by atomic mass is 35.5. The van der Waals surface area contributed by atoms with Crippen molar-refractivity contribution in [1.29, 1.82) is 0 Å². The number of carbonyl (C=O) groups excluding carboxylic acids is 1. The molecular weight excluding hydrogens is 268 g/mol. The third-order valence-corrected chi connectivity index (χ3v) is 3.54. The molecule has 6 nitrogen and oxygen atoms in total. The van der Waals surface area contributed by atoms with Crippen molar-refractivity contribution in [2.75, 3.05) is 18.6 Å². The molecule has 7 heteroatoms. The zero-order valence-electron chi connectivity index (χ0n) is 10.7.